The largest absolute Gasteiger partial charge is 0.344 e. The average Bonchev–Trinajstić information content (AvgIpc) is 2.77. The number of hydrogen-bond donors (Lipinski definition) is 1. The second kappa shape index (κ2) is 3.20. The predicted octanol–water partition coefficient (Wildman–Crippen LogP) is 2.23. The molecular formula is C10H8N4S. The molecule has 1 aromatic carbocycles. The van der Waals surface area contributed by atoms with Crippen molar-refractivity contribution in [3.63, 3.8) is 0 Å². The Morgan fingerprint density at radius 3 is 3.13 bits per heavy atom. The van der Waals surface area contributed by atoms with Gasteiger partial charge in [-0.3, -0.25) is 0 Å². The number of nitrogens with zero attached hydrogens (tertiary/aromatic N) is 3. The van der Waals surface area contributed by atoms with E-state index in [2.05, 4.69) is 26.0 Å². The predicted molar refractivity (Wildman–Crippen MR) is 61.0 cm³/mol. The van der Waals surface area contributed by atoms with Crippen molar-refractivity contribution in [1.82, 2.24) is 19.9 Å². The molecule has 1 N–H and O–H groups in total. The van der Waals surface area contributed by atoms with Gasteiger partial charge in [-0.05, 0) is 12.3 Å². The number of aromatic nitrogens is 4. The molecular weight excluding hydrogens is 208 g/mol. The number of benzene rings is 1. The quantitative estimate of drug-likeness (QED) is 0.634. The van der Waals surface area contributed by atoms with E-state index in [0.717, 1.165) is 26.8 Å². The molecule has 2 heterocycles. The van der Waals surface area contributed by atoms with Gasteiger partial charge in [-0.1, -0.05) is 0 Å². The van der Waals surface area contributed by atoms with Crippen molar-refractivity contribution in [1.29, 1.82) is 0 Å². The summed E-state index contributed by atoms with van der Waals surface area (Å²) in [5.74, 6) is 0. The Balaban J connectivity index is 2.57. The Bertz CT molecular complexity index is 631. The Labute approximate surface area is 90.2 Å². The molecule has 0 unspecified atom stereocenters. The lowest BCUT2D eigenvalue weighted by Crippen LogP contribution is -1.84. The molecule has 5 heteroatoms. The van der Waals surface area contributed by atoms with Crippen LogP contribution >= 0.6 is 11.8 Å². The van der Waals surface area contributed by atoms with E-state index >= 15 is 0 Å². The normalized spacial score (nSPS) is 11.3. The third kappa shape index (κ3) is 1.20. The first-order valence-corrected chi connectivity index (χ1v) is 5.72. The summed E-state index contributed by atoms with van der Waals surface area (Å²) >= 11 is 1.69. The van der Waals surface area contributed by atoms with Crippen LogP contribution in [0.1, 0.15) is 0 Å². The summed E-state index contributed by atoms with van der Waals surface area (Å²) in [6, 6.07) is 2.06. The molecule has 0 saturated carbocycles. The van der Waals surface area contributed by atoms with Crippen molar-refractivity contribution in [2.24, 2.45) is 0 Å². The van der Waals surface area contributed by atoms with Gasteiger partial charge in [0.25, 0.3) is 0 Å². The van der Waals surface area contributed by atoms with Crippen LogP contribution in [0.2, 0.25) is 0 Å². The molecule has 0 saturated heterocycles. The molecule has 3 rings (SSSR count). The maximum absolute atomic E-state index is 4.31. The minimum absolute atomic E-state index is 0.939. The summed E-state index contributed by atoms with van der Waals surface area (Å²) in [6.45, 7) is 0. The molecule has 2 aromatic heterocycles. The third-order valence-corrected chi connectivity index (χ3v) is 3.13. The van der Waals surface area contributed by atoms with Crippen molar-refractivity contribution in [2.75, 3.05) is 6.26 Å². The first-order valence-electron chi connectivity index (χ1n) is 4.50. The zero-order valence-corrected chi connectivity index (χ0v) is 8.88. The van der Waals surface area contributed by atoms with Crippen molar-refractivity contribution >= 4 is 33.7 Å². The maximum atomic E-state index is 4.31. The van der Waals surface area contributed by atoms with Gasteiger partial charge in [-0.25, -0.2) is 15.0 Å². The van der Waals surface area contributed by atoms with Crippen molar-refractivity contribution in [2.45, 2.75) is 4.90 Å². The van der Waals surface area contributed by atoms with Crippen molar-refractivity contribution in [3.8, 4) is 0 Å². The summed E-state index contributed by atoms with van der Waals surface area (Å²) in [6.07, 6.45) is 7.11. The molecule has 74 valence electrons. The summed E-state index contributed by atoms with van der Waals surface area (Å²) in [5, 5.41) is 0.992. The average molecular weight is 216 g/mol. The zero-order chi connectivity index (χ0) is 10.3. The number of fused-ring (bicyclic) bond motifs is 3. The number of rotatable bonds is 1. The maximum Gasteiger partial charge on any atom is 0.116 e. The minimum atomic E-state index is 0.939. The highest BCUT2D eigenvalue weighted by atomic mass is 32.2. The van der Waals surface area contributed by atoms with Crippen LogP contribution in [0.15, 0.2) is 29.8 Å². The molecule has 15 heavy (non-hydrogen) atoms. The zero-order valence-electron chi connectivity index (χ0n) is 8.06. The van der Waals surface area contributed by atoms with Gasteiger partial charge >= 0.3 is 0 Å². The second-order valence-electron chi connectivity index (χ2n) is 3.16. The molecule has 0 aliphatic rings. The van der Waals surface area contributed by atoms with Gasteiger partial charge in [0.05, 0.1) is 17.4 Å². The lowest BCUT2D eigenvalue weighted by atomic mass is 10.2. The highest BCUT2D eigenvalue weighted by Gasteiger charge is 2.08. The summed E-state index contributed by atoms with van der Waals surface area (Å²) in [4.78, 5) is 16.9. The van der Waals surface area contributed by atoms with Gasteiger partial charge in [0, 0.05) is 16.5 Å². The Morgan fingerprint density at radius 2 is 2.27 bits per heavy atom. The van der Waals surface area contributed by atoms with Gasteiger partial charge in [0.15, 0.2) is 0 Å². The van der Waals surface area contributed by atoms with Crippen LogP contribution in [0, 0.1) is 0 Å². The lowest BCUT2D eigenvalue weighted by Gasteiger charge is -2.01. The van der Waals surface area contributed by atoms with E-state index in [-0.39, 0.29) is 0 Å². The van der Waals surface area contributed by atoms with Gasteiger partial charge in [-0.15, -0.1) is 11.8 Å². The van der Waals surface area contributed by atoms with Crippen LogP contribution in [0.3, 0.4) is 0 Å². The molecule has 0 fully saturated rings. The standard InChI is InChI=1S/C10H8N4S/c1-15-8-2-7-6(3-11-4-12-7)9-10(8)14-5-13-9/h2-5H,1H3,(H,13,14). The molecule has 0 amide bonds. The van der Waals surface area contributed by atoms with Crippen LogP contribution in [-0.2, 0) is 0 Å². The highest BCUT2D eigenvalue weighted by Crippen LogP contribution is 2.29. The van der Waals surface area contributed by atoms with Gasteiger partial charge in [-0.2, -0.15) is 0 Å². The lowest BCUT2D eigenvalue weighted by molar-refractivity contribution is 1.22. The Morgan fingerprint density at radius 1 is 1.33 bits per heavy atom. The fourth-order valence-corrected chi connectivity index (χ4v) is 2.27. The first-order chi connectivity index (χ1) is 7.40. The van der Waals surface area contributed by atoms with Crippen LogP contribution in [0.5, 0.6) is 0 Å². The summed E-state index contributed by atoms with van der Waals surface area (Å²) < 4.78 is 0. The number of imidazole rings is 1. The summed E-state index contributed by atoms with van der Waals surface area (Å²) in [5.41, 5.74) is 2.94. The molecule has 0 radical (unpaired) electrons. The van der Waals surface area contributed by atoms with Gasteiger partial charge < -0.3 is 4.98 Å². The first kappa shape index (κ1) is 8.67. The van der Waals surface area contributed by atoms with Crippen LogP contribution in [0.4, 0.5) is 0 Å². The van der Waals surface area contributed by atoms with Crippen LogP contribution in [-0.4, -0.2) is 26.2 Å². The number of H-pyrrole nitrogens is 1. The number of nitrogens with one attached hydrogen (secondary N) is 1. The molecule has 0 atom stereocenters. The SMILES string of the molecule is CSc1cc2ncncc2c2nc[nH]c12. The number of thioether (sulfide) groups is 1. The fraction of sp³-hybridized carbons (Fsp3) is 0.100. The molecule has 0 spiro atoms. The van der Waals surface area contributed by atoms with E-state index in [1.54, 1.807) is 30.6 Å². The van der Waals surface area contributed by atoms with Gasteiger partial charge in [0.2, 0.25) is 0 Å². The van der Waals surface area contributed by atoms with Gasteiger partial charge in [0.1, 0.15) is 11.8 Å². The van der Waals surface area contributed by atoms with Crippen LogP contribution in [0.25, 0.3) is 21.9 Å². The molecule has 0 aliphatic heterocycles. The minimum Gasteiger partial charge on any atom is -0.344 e. The smallest absolute Gasteiger partial charge is 0.116 e. The Hall–Kier alpha value is -1.62. The second-order valence-corrected chi connectivity index (χ2v) is 4.01. The number of aromatic amines is 1. The fourth-order valence-electron chi connectivity index (χ4n) is 1.68. The Kier molecular flexibility index (Phi) is 1.85. The highest BCUT2D eigenvalue weighted by molar-refractivity contribution is 7.98. The van der Waals surface area contributed by atoms with E-state index in [0.29, 0.717) is 0 Å². The number of hydrogen-bond acceptors (Lipinski definition) is 4. The van der Waals surface area contributed by atoms with E-state index in [4.69, 9.17) is 0 Å². The monoisotopic (exact) mass is 216 g/mol. The molecule has 4 nitrogen and oxygen atoms in total. The van der Waals surface area contributed by atoms with Crippen LogP contribution < -0.4 is 0 Å². The molecule has 0 bridgehead atoms. The van der Waals surface area contributed by atoms with E-state index < -0.39 is 0 Å². The summed E-state index contributed by atoms with van der Waals surface area (Å²) in [7, 11) is 0. The van der Waals surface area contributed by atoms with E-state index in [1.807, 2.05) is 6.26 Å². The molecule has 3 aromatic rings. The molecule has 0 aliphatic carbocycles. The third-order valence-electron chi connectivity index (χ3n) is 2.37. The van der Waals surface area contributed by atoms with E-state index in [9.17, 15) is 0 Å². The van der Waals surface area contributed by atoms with E-state index in [1.165, 1.54) is 0 Å². The topological polar surface area (TPSA) is 54.5 Å². The van der Waals surface area contributed by atoms with Crippen molar-refractivity contribution in [3.05, 3.63) is 24.9 Å². The van der Waals surface area contributed by atoms with Crippen molar-refractivity contribution < 1.29 is 0 Å².